The standard InChI is InChI=1S/C14H8ClF3N2S/c15-13-6-5-11(7-12(13)14(16,17)18)21-10-3-1-9(2-4-10)20-8-19/h1-7,20H. The molecule has 0 aromatic heterocycles. The Kier molecular flexibility index (Phi) is 4.66. The van der Waals surface area contributed by atoms with Gasteiger partial charge in [0.1, 0.15) is 0 Å². The van der Waals surface area contributed by atoms with Crippen molar-refractivity contribution in [3.8, 4) is 6.19 Å². The van der Waals surface area contributed by atoms with E-state index in [1.54, 1.807) is 30.5 Å². The quantitative estimate of drug-likeness (QED) is 0.605. The fourth-order valence-electron chi connectivity index (χ4n) is 1.59. The fraction of sp³-hybridized carbons (Fsp3) is 0.0714. The monoisotopic (exact) mass is 328 g/mol. The van der Waals surface area contributed by atoms with Crippen LogP contribution >= 0.6 is 23.4 Å². The smallest absolute Gasteiger partial charge is 0.293 e. The number of benzene rings is 2. The summed E-state index contributed by atoms with van der Waals surface area (Å²) in [5, 5.41) is 10.6. The maximum absolute atomic E-state index is 12.8. The summed E-state index contributed by atoms with van der Waals surface area (Å²) < 4.78 is 38.3. The fourth-order valence-corrected chi connectivity index (χ4v) is 2.67. The maximum atomic E-state index is 12.8. The molecule has 1 N–H and O–H groups in total. The highest BCUT2D eigenvalue weighted by molar-refractivity contribution is 7.99. The first-order valence-corrected chi connectivity index (χ1v) is 6.89. The zero-order valence-corrected chi connectivity index (χ0v) is 12.0. The molecule has 2 nitrogen and oxygen atoms in total. The van der Waals surface area contributed by atoms with Crippen molar-refractivity contribution in [2.24, 2.45) is 0 Å². The lowest BCUT2D eigenvalue weighted by atomic mass is 10.2. The van der Waals surface area contributed by atoms with Crippen LogP contribution in [0, 0.1) is 11.5 Å². The van der Waals surface area contributed by atoms with Gasteiger partial charge in [-0.15, -0.1) is 0 Å². The summed E-state index contributed by atoms with van der Waals surface area (Å²) in [5.41, 5.74) is -0.231. The van der Waals surface area contributed by atoms with Crippen LogP contribution in [0.2, 0.25) is 5.02 Å². The van der Waals surface area contributed by atoms with Crippen LogP contribution in [0.15, 0.2) is 52.3 Å². The van der Waals surface area contributed by atoms with Gasteiger partial charge in [-0.25, -0.2) is 0 Å². The zero-order chi connectivity index (χ0) is 15.5. The molecule has 0 aliphatic carbocycles. The van der Waals surface area contributed by atoms with E-state index in [2.05, 4.69) is 5.32 Å². The number of nitriles is 1. The number of rotatable bonds is 3. The van der Waals surface area contributed by atoms with Crippen molar-refractivity contribution in [1.29, 1.82) is 5.26 Å². The Morgan fingerprint density at radius 2 is 1.67 bits per heavy atom. The van der Waals surface area contributed by atoms with Crippen LogP contribution in [0.1, 0.15) is 5.56 Å². The molecule has 21 heavy (non-hydrogen) atoms. The first-order valence-electron chi connectivity index (χ1n) is 5.70. The summed E-state index contributed by atoms with van der Waals surface area (Å²) in [5.74, 6) is 0. The molecule has 7 heteroatoms. The van der Waals surface area contributed by atoms with Gasteiger partial charge < -0.3 is 0 Å². The van der Waals surface area contributed by atoms with Gasteiger partial charge in [0.25, 0.3) is 0 Å². The largest absolute Gasteiger partial charge is 0.417 e. The highest BCUT2D eigenvalue weighted by Gasteiger charge is 2.33. The minimum Gasteiger partial charge on any atom is -0.293 e. The molecule has 0 aliphatic heterocycles. The SMILES string of the molecule is N#CNc1ccc(Sc2ccc(Cl)c(C(F)(F)F)c2)cc1. The number of anilines is 1. The van der Waals surface area contributed by atoms with Crippen LogP contribution < -0.4 is 5.32 Å². The molecule has 0 heterocycles. The third kappa shape index (κ3) is 4.06. The van der Waals surface area contributed by atoms with Crippen molar-refractivity contribution in [1.82, 2.24) is 0 Å². The van der Waals surface area contributed by atoms with E-state index >= 15 is 0 Å². The number of hydrogen-bond acceptors (Lipinski definition) is 3. The third-order valence-corrected chi connectivity index (χ3v) is 3.86. The predicted octanol–water partition coefficient (Wildman–Crippen LogP) is 5.40. The molecule has 0 saturated heterocycles. The van der Waals surface area contributed by atoms with Crippen molar-refractivity contribution in [2.45, 2.75) is 16.0 Å². The second-order valence-electron chi connectivity index (χ2n) is 4.00. The van der Waals surface area contributed by atoms with Crippen molar-refractivity contribution in [3.63, 3.8) is 0 Å². The zero-order valence-electron chi connectivity index (χ0n) is 10.4. The van der Waals surface area contributed by atoms with E-state index in [9.17, 15) is 13.2 Å². The van der Waals surface area contributed by atoms with Crippen molar-refractivity contribution in [3.05, 3.63) is 53.1 Å². The molecule has 0 bridgehead atoms. The topological polar surface area (TPSA) is 35.8 Å². The molecule has 0 amide bonds. The molecule has 2 rings (SSSR count). The van der Waals surface area contributed by atoms with E-state index in [0.717, 1.165) is 11.0 Å². The Morgan fingerprint density at radius 1 is 1.05 bits per heavy atom. The summed E-state index contributed by atoms with van der Waals surface area (Å²) in [7, 11) is 0. The van der Waals surface area contributed by atoms with Gasteiger partial charge in [-0.1, -0.05) is 23.4 Å². The van der Waals surface area contributed by atoms with Gasteiger partial charge in [-0.3, -0.25) is 5.32 Å². The van der Waals surface area contributed by atoms with E-state index in [-0.39, 0.29) is 5.02 Å². The summed E-state index contributed by atoms with van der Waals surface area (Å²) in [6.07, 6.45) is -2.69. The van der Waals surface area contributed by atoms with Crippen LogP contribution in [0.4, 0.5) is 18.9 Å². The lowest BCUT2D eigenvalue weighted by molar-refractivity contribution is -0.137. The molecular weight excluding hydrogens is 321 g/mol. The highest BCUT2D eigenvalue weighted by Crippen LogP contribution is 2.38. The van der Waals surface area contributed by atoms with E-state index in [4.69, 9.17) is 16.9 Å². The Morgan fingerprint density at radius 3 is 2.24 bits per heavy atom. The Balaban J connectivity index is 2.22. The lowest BCUT2D eigenvalue weighted by Crippen LogP contribution is -2.05. The van der Waals surface area contributed by atoms with Crippen molar-refractivity contribution in [2.75, 3.05) is 5.32 Å². The van der Waals surface area contributed by atoms with E-state index < -0.39 is 11.7 Å². The van der Waals surface area contributed by atoms with Crippen LogP contribution in [0.3, 0.4) is 0 Å². The molecule has 2 aromatic rings. The van der Waals surface area contributed by atoms with Crippen LogP contribution in [0.5, 0.6) is 0 Å². The first kappa shape index (κ1) is 15.5. The van der Waals surface area contributed by atoms with Crippen molar-refractivity contribution < 1.29 is 13.2 Å². The van der Waals surface area contributed by atoms with E-state index in [0.29, 0.717) is 10.6 Å². The molecule has 0 radical (unpaired) electrons. The predicted molar refractivity (Wildman–Crippen MR) is 76.3 cm³/mol. The summed E-state index contributed by atoms with van der Waals surface area (Å²) in [4.78, 5) is 1.20. The van der Waals surface area contributed by atoms with E-state index in [1.807, 2.05) is 0 Å². The minimum absolute atomic E-state index is 0.319. The third-order valence-electron chi connectivity index (χ3n) is 2.53. The molecule has 0 unspecified atom stereocenters. The van der Waals surface area contributed by atoms with E-state index in [1.165, 1.54) is 23.9 Å². The van der Waals surface area contributed by atoms with Crippen molar-refractivity contribution >= 4 is 29.1 Å². The van der Waals surface area contributed by atoms with Gasteiger partial charge in [-0.05, 0) is 42.5 Å². The minimum atomic E-state index is -4.48. The highest BCUT2D eigenvalue weighted by atomic mass is 35.5. The molecule has 0 fully saturated rings. The van der Waals surface area contributed by atoms with Gasteiger partial charge in [0.2, 0.25) is 0 Å². The van der Waals surface area contributed by atoms with Gasteiger partial charge in [0.05, 0.1) is 10.6 Å². The number of halogens is 4. The van der Waals surface area contributed by atoms with Crippen LogP contribution in [-0.4, -0.2) is 0 Å². The molecule has 0 spiro atoms. The normalized spacial score (nSPS) is 11.0. The Hall–Kier alpha value is -1.84. The second-order valence-corrected chi connectivity index (χ2v) is 5.56. The average molecular weight is 329 g/mol. The summed E-state index contributed by atoms with van der Waals surface area (Å²) >= 11 is 6.76. The van der Waals surface area contributed by atoms with Gasteiger partial charge in [-0.2, -0.15) is 18.4 Å². The number of alkyl halides is 3. The van der Waals surface area contributed by atoms with Gasteiger partial charge in [0, 0.05) is 15.5 Å². The van der Waals surface area contributed by atoms with Crippen LogP contribution in [0.25, 0.3) is 0 Å². The molecular formula is C14H8ClF3N2S. The number of nitrogens with one attached hydrogen (secondary N) is 1. The molecule has 108 valence electrons. The molecule has 0 saturated carbocycles. The Bertz CT molecular complexity index is 678. The molecule has 0 atom stereocenters. The Labute approximate surface area is 128 Å². The van der Waals surface area contributed by atoms with Gasteiger partial charge in [0.15, 0.2) is 6.19 Å². The van der Waals surface area contributed by atoms with Gasteiger partial charge >= 0.3 is 6.18 Å². The first-order chi connectivity index (χ1) is 9.90. The molecule has 0 aliphatic rings. The maximum Gasteiger partial charge on any atom is 0.417 e. The summed E-state index contributed by atoms with van der Waals surface area (Å²) in [6.45, 7) is 0. The number of nitrogens with zero attached hydrogens (tertiary/aromatic N) is 1. The lowest BCUT2D eigenvalue weighted by Gasteiger charge is -2.10. The number of hydrogen-bond donors (Lipinski definition) is 1. The molecule has 2 aromatic carbocycles. The summed E-state index contributed by atoms with van der Waals surface area (Å²) in [6, 6.07) is 10.6. The average Bonchev–Trinajstić information content (AvgIpc) is 2.42. The van der Waals surface area contributed by atoms with Crippen LogP contribution in [-0.2, 0) is 6.18 Å². The second kappa shape index (κ2) is 6.29.